The van der Waals surface area contributed by atoms with Gasteiger partial charge in [0.25, 0.3) is 11.8 Å². The first-order chi connectivity index (χ1) is 12.5. The molecule has 0 unspecified atom stereocenters. The Hall–Kier alpha value is -3.25. The zero-order chi connectivity index (χ0) is 18.5. The third-order valence-corrected chi connectivity index (χ3v) is 3.79. The number of pyridine rings is 1. The van der Waals surface area contributed by atoms with Crippen LogP contribution in [0.25, 0.3) is 0 Å². The Morgan fingerprint density at radius 3 is 2.19 bits per heavy atom. The lowest BCUT2D eigenvalue weighted by atomic mass is 10.1. The molecule has 5 nitrogen and oxygen atoms in total. The average molecular weight is 370 g/mol. The van der Waals surface area contributed by atoms with E-state index in [0.717, 1.165) is 0 Å². The Bertz CT molecular complexity index is 964. The van der Waals surface area contributed by atoms with Crippen molar-refractivity contribution in [1.29, 1.82) is 0 Å². The molecule has 0 aliphatic rings. The zero-order valence-corrected chi connectivity index (χ0v) is 14.1. The molecule has 3 aromatic rings. The lowest BCUT2D eigenvalue weighted by molar-refractivity contribution is 0.101. The molecule has 0 spiro atoms. The standard InChI is InChI=1S/C19H13ClFN3O2/c20-16-11-15(4-5-17(16)21)24-19(26)13-2-1-3-14(10-13)23-18(25)12-6-8-22-9-7-12/h1-11H,(H,23,25)(H,24,26). The molecule has 7 heteroatoms. The first-order valence-corrected chi connectivity index (χ1v) is 7.98. The van der Waals surface area contributed by atoms with Crippen LogP contribution in [-0.4, -0.2) is 16.8 Å². The molecule has 1 heterocycles. The SMILES string of the molecule is O=C(Nc1cccc(C(=O)Nc2ccc(F)c(Cl)c2)c1)c1ccncc1. The Morgan fingerprint density at radius 2 is 1.50 bits per heavy atom. The molecule has 0 fully saturated rings. The van der Waals surface area contributed by atoms with Gasteiger partial charge in [-0.1, -0.05) is 17.7 Å². The van der Waals surface area contributed by atoms with Crippen molar-refractivity contribution in [3.05, 3.63) is 89.0 Å². The van der Waals surface area contributed by atoms with Gasteiger partial charge in [-0.25, -0.2) is 4.39 Å². The molecule has 0 saturated carbocycles. The Kier molecular flexibility index (Phi) is 5.24. The summed E-state index contributed by atoms with van der Waals surface area (Å²) >= 11 is 5.71. The maximum atomic E-state index is 13.2. The summed E-state index contributed by atoms with van der Waals surface area (Å²) in [6, 6.07) is 13.5. The van der Waals surface area contributed by atoms with E-state index in [1.165, 1.54) is 30.6 Å². The van der Waals surface area contributed by atoms with Crippen LogP contribution in [-0.2, 0) is 0 Å². The van der Waals surface area contributed by atoms with E-state index >= 15 is 0 Å². The molecule has 0 bridgehead atoms. The lowest BCUT2D eigenvalue weighted by Crippen LogP contribution is -2.14. The maximum Gasteiger partial charge on any atom is 0.255 e. The highest BCUT2D eigenvalue weighted by Gasteiger charge is 2.10. The summed E-state index contributed by atoms with van der Waals surface area (Å²) in [5.74, 6) is -1.28. The highest BCUT2D eigenvalue weighted by molar-refractivity contribution is 6.31. The molecular weight excluding hydrogens is 357 g/mol. The minimum absolute atomic E-state index is 0.0823. The number of amides is 2. The summed E-state index contributed by atoms with van der Waals surface area (Å²) in [5, 5.41) is 5.26. The fourth-order valence-corrected chi connectivity index (χ4v) is 2.40. The fraction of sp³-hybridized carbons (Fsp3) is 0. The predicted molar refractivity (Wildman–Crippen MR) is 98.0 cm³/mol. The molecule has 0 saturated heterocycles. The molecule has 0 atom stereocenters. The molecule has 2 aromatic carbocycles. The summed E-state index contributed by atoms with van der Waals surface area (Å²) in [7, 11) is 0. The van der Waals surface area contributed by atoms with Gasteiger partial charge in [-0.2, -0.15) is 0 Å². The average Bonchev–Trinajstić information content (AvgIpc) is 2.65. The van der Waals surface area contributed by atoms with Crippen LogP contribution in [0.2, 0.25) is 5.02 Å². The molecule has 3 rings (SSSR count). The molecule has 0 aliphatic carbocycles. The van der Waals surface area contributed by atoms with Gasteiger partial charge >= 0.3 is 0 Å². The van der Waals surface area contributed by atoms with Crippen LogP contribution in [0, 0.1) is 5.82 Å². The summed E-state index contributed by atoms with van der Waals surface area (Å²) in [6.07, 6.45) is 3.04. The number of halogens is 2. The Labute approximate surface area is 153 Å². The van der Waals surface area contributed by atoms with Gasteiger partial charge in [-0.15, -0.1) is 0 Å². The third kappa shape index (κ3) is 4.23. The van der Waals surface area contributed by atoms with Crippen LogP contribution < -0.4 is 10.6 Å². The van der Waals surface area contributed by atoms with E-state index in [2.05, 4.69) is 15.6 Å². The van der Waals surface area contributed by atoms with Crippen molar-refractivity contribution in [1.82, 2.24) is 4.98 Å². The molecule has 2 N–H and O–H groups in total. The number of carbonyl (C=O) groups is 2. The highest BCUT2D eigenvalue weighted by Crippen LogP contribution is 2.20. The molecule has 2 amide bonds. The molecule has 130 valence electrons. The van der Waals surface area contributed by atoms with Crippen molar-refractivity contribution in [2.45, 2.75) is 0 Å². The van der Waals surface area contributed by atoms with Crippen LogP contribution in [0.4, 0.5) is 15.8 Å². The summed E-state index contributed by atoms with van der Waals surface area (Å²) in [5.41, 5.74) is 1.62. The van der Waals surface area contributed by atoms with Crippen LogP contribution in [0.15, 0.2) is 67.0 Å². The number of hydrogen-bond donors (Lipinski definition) is 2. The van der Waals surface area contributed by atoms with Crippen LogP contribution in [0.3, 0.4) is 0 Å². The molecular formula is C19H13ClFN3O2. The summed E-state index contributed by atoms with van der Waals surface area (Å²) in [4.78, 5) is 28.4. The first kappa shape index (κ1) is 17.6. The number of rotatable bonds is 4. The minimum atomic E-state index is -0.564. The highest BCUT2D eigenvalue weighted by atomic mass is 35.5. The zero-order valence-electron chi connectivity index (χ0n) is 13.4. The number of nitrogens with one attached hydrogen (secondary N) is 2. The summed E-state index contributed by atoms with van der Waals surface area (Å²) < 4.78 is 13.2. The van der Waals surface area contributed by atoms with E-state index in [1.54, 1.807) is 36.4 Å². The fourth-order valence-electron chi connectivity index (χ4n) is 2.22. The molecule has 1 aromatic heterocycles. The number of hydrogen-bond acceptors (Lipinski definition) is 3. The number of nitrogens with zero attached hydrogens (tertiary/aromatic N) is 1. The van der Waals surface area contributed by atoms with Gasteiger partial charge in [0.15, 0.2) is 0 Å². The van der Waals surface area contributed by atoms with Crippen molar-refractivity contribution in [3.63, 3.8) is 0 Å². The molecule has 0 radical (unpaired) electrons. The molecule has 0 aliphatic heterocycles. The minimum Gasteiger partial charge on any atom is -0.322 e. The van der Waals surface area contributed by atoms with Gasteiger partial charge in [-0.05, 0) is 48.5 Å². The second-order valence-electron chi connectivity index (χ2n) is 5.35. The lowest BCUT2D eigenvalue weighted by Gasteiger charge is -2.09. The van der Waals surface area contributed by atoms with E-state index < -0.39 is 11.7 Å². The van der Waals surface area contributed by atoms with Crippen molar-refractivity contribution in [2.75, 3.05) is 10.6 Å². The second-order valence-corrected chi connectivity index (χ2v) is 5.76. The van der Waals surface area contributed by atoms with Crippen molar-refractivity contribution in [2.24, 2.45) is 0 Å². The van der Waals surface area contributed by atoms with Gasteiger partial charge in [0.2, 0.25) is 0 Å². The van der Waals surface area contributed by atoms with Gasteiger partial charge in [0, 0.05) is 34.9 Å². The number of benzene rings is 2. The third-order valence-electron chi connectivity index (χ3n) is 3.50. The van der Waals surface area contributed by atoms with Gasteiger partial charge in [0.1, 0.15) is 5.82 Å². The monoisotopic (exact) mass is 369 g/mol. The number of carbonyl (C=O) groups excluding carboxylic acids is 2. The Morgan fingerprint density at radius 1 is 0.846 bits per heavy atom. The van der Waals surface area contributed by atoms with Gasteiger partial charge in [0.05, 0.1) is 5.02 Å². The first-order valence-electron chi connectivity index (χ1n) is 7.61. The van der Waals surface area contributed by atoms with E-state index in [1.807, 2.05) is 0 Å². The number of aromatic nitrogens is 1. The van der Waals surface area contributed by atoms with Crippen molar-refractivity contribution in [3.8, 4) is 0 Å². The van der Waals surface area contributed by atoms with Crippen molar-refractivity contribution < 1.29 is 14.0 Å². The molecule has 26 heavy (non-hydrogen) atoms. The van der Waals surface area contributed by atoms with Crippen LogP contribution >= 0.6 is 11.6 Å². The second kappa shape index (κ2) is 7.76. The van der Waals surface area contributed by atoms with E-state index in [-0.39, 0.29) is 10.9 Å². The largest absolute Gasteiger partial charge is 0.322 e. The van der Waals surface area contributed by atoms with Gasteiger partial charge < -0.3 is 10.6 Å². The quantitative estimate of drug-likeness (QED) is 0.717. The maximum absolute atomic E-state index is 13.2. The van der Waals surface area contributed by atoms with Crippen molar-refractivity contribution >= 4 is 34.8 Å². The van der Waals surface area contributed by atoms with Crippen LogP contribution in [0.5, 0.6) is 0 Å². The van der Waals surface area contributed by atoms with E-state index in [0.29, 0.717) is 22.5 Å². The summed E-state index contributed by atoms with van der Waals surface area (Å²) in [6.45, 7) is 0. The Balaban J connectivity index is 1.73. The number of anilines is 2. The smallest absolute Gasteiger partial charge is 0.255 e. The predicted octanol–water partition coefficient (Wildman–Crippen LogP) is 4.38. The van der Waals surface area contributed by atoms with E-state index in [4.69, 9.17) is 11.6 Å². The normalized spacial score (nSPS) is 10.2. The topological polar surface area (TPSA) is 71.1 Å². The van der Waals surface area contributed by atoms with E-state index in [9.17, 15) is 14.0 Å². The van der Waals surface area contributed by atoms with Crippen LogP contribution in [0.1, 0.15) is 20.7 Å². The van der Waals surface area contributed by atoms with Gasteiger partial charge in [-0.3, -0.25) is 14.6 Å².